The van der Waals surface area contributed by atoms with Crippen LogP contribution in [-0.2, 0) is 11.2 Å². The van der Waals surface area contributed by atoms with Crippen LogP contribution < -0.4 is 0 Å². The van der Waals surface area contributed by atoms with Gasteiger partial charge in [0.1, 0.15) is 0 Å². The van der Waals surface area contributed by atoms with Crippen molar-refractivity contribution in [2.24, 2.45) is 17.8 Å². The van der Waals surface area contributed by atoms with Crippen LogP contribution in [-0.4, -0.2) is 47.0 Å². The van der Waals surface area contributed by atoms with Gasteiger partial charge >= 0.3 is 194 Å². The summed E-state index contributed by atoms with van der Waals surface area (Å²) in [6.45, 7) is 2.08. The van der Waals surface area contributed by atoms with Gasteiger partial charge in [-0.3, -0.25) is 0 Å². The molecule has 1 saturated carbocycles. The van der Waals surface area contributed by atoms with E-state index in [9.17, 15) is 15.0 Å². The van der Waals surface area contributed by atoms with E-state index in [0.29, 0.717) is 19.3 Å². The van der Waals surface area contributed by atoms with E-state index in [-0.39, 0.29) is 30.3 Å². The average Bonchev–Trinajstić information content (AvgIpc) is 3.19. The molecule has 0 amide bonds. The average molecular weight is 496 g/mol. The van der Waals surface area contributed by atoms with Crippen molar-refractivity contribution in [2.75, 3.05) is 0 Å². The standard InChI is InChI=1S/C23H33BBrO4S/c1-15-21(25)13-18(30-15)10-8-17(26)9-11-19-16(14-24)12-22(27)20(19)6-4-2-3-5-7-23(28)29/h9,11,13-14,16-17,19-20,22,26-27H,2-8,10,12H2,1H3,(H,28,29)/b11-9+/t16-,17-,19-,20+,22?/m0/s1. The SMILES string of the molecule is [B]=C[C@@H]1CC(O)[C@H](CCCCCCC(=O)O)[C@H]1/C=C/[C@@H](O)CCc1cc(Br)c(C)s1. The predicted molar refractivity (Wildman–Crippen MR) is 128 cm³/mol. The molecule has 1 heterocycles. The Labute approximate surface area is 193 Å². The number of aliphatic hydroxyl groups excluding tert-OH is 2. The summed E-state index contributed by atoms with van der Waals surface area (Å²) >= 11 is 5.29. The molecule has 165 valence electrons. The van der Waals surface area contributed by atoms with E-state index in [2.05, 4.69) is 35.0 Å². The first-order valence-corrected chi connectivity index (χ1v) is 12.5. The topological polar surface area (TPSA) is 77.8 Å². The molecule has 7 heteroatoms. The zero-order valence-corrected chi connectivity index (χ0v) is 20.1. The van der Waals surface area contributed by atoms with E-state index in [0.717, 1.165) is 36.6 Å². The predicted octanol–water partition coefficient (Wildman–Crippen LogP) is 4.68. The number of rotatable bonds is 13. The van der Waals surface area contributed by atoms with Crippen molar-refractivity contribution < 1.29 is 20.1 Å². The molecule has 30 heavy (non-hydrogen) atoms. The quantitative estimate of drug-likeness (QED) is 0.211. The van der Waals surface area contributed by atoms with Gasteiger partial charge in [-0.1, -0.05) is 0 Å². The van der Waals surface area contributed by atoms with Crippen LogP contribution in [0.25, 0.3) is 0 Å². The van der Waals surface area contributed by atoms with Crippen molar-refractivity contribution >= 4 is 46.7 Å². The number of carboxylic acid groups (broad SMARTS) is 1. The van der Waals surface area contributed by atoms with Gasteiger partial charge in [0.2, 0.25) is 0 Å². The summed E-state index contributed by atoms with van der Waals surface area (Å²) in [7, 11) is 5.84. The van der Waals surface area contributed by atoms with E-state index in [1.807, 2.05) is 6.08 Å². The second-order valence-corrected chi connectivity index (χ2v) is 10.6. The Balaban J connectivity index is 1.84. The monoisotopic (exact) mass is 495 g/mol. The van der Waals surface area contributed by atoms with Crippen molar-refractivity contribution in [1.82, 2.24) is 0 Å². The first-order chi connectivity index (χ1) is 14.3. The van der Waals surface area contributed by atoms with E-state index < -0.39 is 12.1 Å². The first-order valence-electron chi connectivity index (χ1n) is 10.9. The van der Waals surface area contributed by atoms with Crippen LogP contribution in [0.2, 0.25) is 0 Å². The number of allylic oxidation sites excluding steroid dienone is 1. The molecule has 1 radical (unpaired) electrons. The van der Waals surface area contributed by atoms with Gasteiger partial charge in [-0.05, 0) is 0 Å². The molecule has 3 N–H and O–H groups in total. The van der Waals surface area contributed by atoms with E-state index in [1.54, 1.807) is 17.3 Å². The third-order valence-corrected chi connectivity index (χ3v) is 8.27. The van der Waals surface area contributed by atoms with Gasteiger partial charge in [0, 0.05) is 0 Å². The van der Waals surface area contributed by atoms with Gasteiger partial charge in [0.15, 0.2) is 0 Å². The molecule has 4 nitrogen and oxygen atoms in total. The zero-order valence-electron chi connectivity index (χ0n) is 17.7. The molecule has 1 fully saturated rings. The number of aliphatic carboxylic acids is 1. The van der Waals surface area contributed by atoms with Crippen LogP contribution in [0, 0.1) is 24.7 Å². The second-order valence-electron chi connectivity index (χ2n) is 8.35. The van der Waals surface area contributed by atoms with Gasteiger partial charge in [0.25, 0.3) is 0 Å². The number of thiophene rings is 1. The number of carbonyl (C=O) groups is 1. The van der Waals surface area contributed by atoms with Crippen LogP contribution in [0.5, 0.6) is 0 Å². The molecule has 5 atom stereocenters. The summed E-state index contributed by atoms with van der Waals surface area (Å²) in [5.41, 5.74) is 0. The Kier molecular flexibility index (Phi) is 11.0. The fourth-order valence-corrected chi connectivity index (χ4v) is 5.97. The van der Waals surface area contributed by atoms with Crippen molar-refractivity contribution in [3.8, 4) is 0 Å². The molecule has 2 rings (SSSR count). The third-order valence-electron chi connectivity index (χ3n) is 6.07. The minimum absolute atomic E-state index is 0.122. The number of hydrogen-bond acceptors (Lipinski definition) is 4. The van der Waals surface area contributed by atoms with Gasteiger partial charge in [-0.25, -0.2) is 0 Å². The molecule has 0 bridgehead atoms. The number of aliphatic hydroxyl groups is 2. The van der Waals surface area contributed by atoms with Crippen LogP contribution in [0.3, 0.4) is 0 Å². The van der Waals surface area contributed by atoms with E-state index >= 15 is 0 Å². The number of halogens is 1. The van der Waals surface area contributed by atoms with E-state index in [4.69, 9.17) is 12.6 Å². The van der Waals surface area contributed by atoms with Crippen molar-refractivity contribution in [2.45, 2.75) is 76.9 Å². The van der Waals surface area contributed by atoms with E-state index in [1.165, 1.54) is 9.75 Å². The molecule has 1 aliphatic carbocycles. The number of carboxylic acids is 1. The minimum atomic E-state index is -0.742. The molecular weight excluding hydrogens is 463 g/mol. The maximum atomic E-state index is 10.6. The van der Waals surface area contributed by atoms with Crippen LogP contribution in [0.1, 0.15) is 61.1 Å². The molecule has 0 aromatic carbocycles. The Hall–Kier alpha value is -0.755. The summed E-state index contributed by atoms with van der Waals surface area (Å²) in [6.07, 6.45) is 9.87. The third kappa shape index (κ3) is 8.06. The van der Waals surface area contributed by atoms with Gasteiger partial charge in [-0.15, -0.1) is 0 Å². The number of hydrogen-bond donors (Lipinski definition) is 3. The molecule has 0 saturated heterocycles. The van der Waals surface area contributed by atoms with Crippen molar-refractivity contribution in [3.05, 3.63) is 32.4 Å². The Bertz CT molecular complexity index is 701. The van der Waals surface area contributed by atoms with Gasteiger partial charge in [0.05, 0.1) is 0 Å². The molecule has 0 aliphatic heterocycles. The first kappa shape index (κ1) is 25.5. The van der Waals surface area contributed by atoms with Crippen molar-refractivity contribution in [1.29, 1.82) is 0 Å². The fourth-order valence-electron chi connectivity index (χ4n) is 4.36. The number of unbranched alkanes of at least 4 members (excludes halogenated alkanes) is 3. The molecule has 1 aromatic rings. The molecule has 1 aromatic heterocycles. The van der Waals surface area contributed by atoms with Crippen LogP contribution >= 0.6 is 27.3 Å². The van der Waals surface area contributed by atoms with Gasteiger partial charge in [-0.2, -0.15) is 0 Å². The summed E-state index contributed by atoms with van der Waals surface area (Å²) < 4.78 is 1.12. The second kappa shape index (κ2) is 12.9. The fraction of sp³-hybridized carbons (Fsp3) is 0.652. The summed E-state index contributed by atoms with van der Waals surface area (Å²) in [5.74, 6) is 1.33. The molecular formula is C23H33BBrO4S. The van der Waals surface area contributed by atoms with Crippen molar-refractivity contribution in [3.63, 3.8) is 0 Å². The normalized spacial score (nSPS) is 25.0. The summed E-state index contributed by atoms with van der Waals surface area (Å²) in [4.78, 5) is 13.1. The number of aryl methyl sites for hydroxylation is 2. The Morgan fingerprint density at radius 1 is 1.37 bits per heavy atom. The van der Waals surface area contributed by atoms with Crippen LogP contribution in [0.4, 0.5) is 0 Å². The summed E-state index contributed by atoms with van der Waals surface area (Å²) in [6, 6.07) is 2.12. The molecule has 0 spiro atoms. The Morgan fingerprint density at radius 2 is 2.10 bits per heavy atom. The molecule has 1 unspecified atom stereocenters. The Morgan fingerprint density at radius 3 is 2.73 bits per heavy atom. The summed E-state index contributed by atoms with van der Waals surface area (Å²) in [5, 5.41) is 29.7. The maximum absolute atomic E-state index is 10.6. The zero-order chi connectivity index (χ0) is 22.1. The van der Waals surface area contributed by atoms with Crippen LogP contribution in [0.15, 0.2) is 22.7 Å². The van der Waals surface area contributed by atoms with Gasteiger partial charge < -0.3 is 0 Å². The molecule has 1 aliphatic rings.